The molecule has 1 aromatic carbocycles. The summed E-state index contributed by atoms with van der Waals surface area (Å²) in [5, 5.41) is 12.1. The van der Waals surface area contributed by atoms with Crippen LogP contribution in [0.25, 0.3) is 0 Å². The molecule has 0 heterocycles. The molecular weight excluding hydrogens is 280 g/mol. The molecule has 0 aliphatic rings. The molecule has 0 bridgehead atoms. The number of carboxylic acids is 1. The van der Waals surface area contributed by atoms with Crippen molar-refractivity contribution in [1.29, 1.82) is 0 Å². The zero-order chi connectivity index (χ0) is 16.5. The van der Waals surface area contributed by atoms with E-state index in [4.69, 9.17) is 9.84 Å². The van der Waals surface area contributed by atoms with Gasteiger partial charge in [0.2, 0.25) is 0 Å². The molecule has 5 heteroatoms. The van der Waals surface area contributed by atoms with E-state index >= 15 is 0 Å². The molecule has 0 aromatic heterocycles. The predicted octanol–water partition coefficient (Wildman–Crippen LogP) is 2.88. The van der Waals surface area contributed by atoms with Gasteiger partial charge >= 0.3 is 5.97 Å². The third kappa shape index (κ3) is 5.93. The zero-order valence-electron chi connectivity index (χ0n) is 14.1. The molecule has 0 fully saturated rings. The molecule has 1 aromatic rings. The van der Waals surface area contributed by atoms with Crippen LogP contribution >= 0.6 is 0 Å². The van der Waals surface area contributed by atoms with Crippen molar-refractivity contribution in [2.45, 2.75) is 46.3 Å². The number of nitrogens with one attached hydrogen (secondary N) is 1. The highest BCUT2D eigenvalue weighted by atomic mass is 16.5. The van der Waals surface area contributed by atoms with Gasteiger partial charge in [-0.3, -0.25) is 4.79 Å². The van der Waals surface area contributed by atoms with Crippen LogP contribution in [0, 0.1) is 0 Å². The van der Waals surface area contributed by atoms with Crippen molar-refractivity contribution in [2.24, 2.45) is 0 Å². The first kappa shape index (κ1) is 18.3. The van der Waals surface area contributed by atoms with E-state index in [0.717, 1.165) is 36.5 Å². The highest BCUT2D eigenvalue weighted by Gasteiger charge is 2.15. The van der Waals surface area contributed by atoms with E-state index in [-0.39, 0.29) is 12.5 Å². The fourth-order valence-corrected chi connectivity index (χ4v) is 2.34. The summed E-state index contributed by atoms with van der Waals surface area (Å²) in [6.45, 7) is 8.16. The monoisotopic (exact) mass is 308 g/mol. The maximum atomic E-state index is 10.9. The highest BCUT2D eigenvalue weighted by molar-refractivity contribution is 5.68. The van der Waals surface area contributed by atoms with Crippen LogP contribution in [0.1, 0.15) is 39.2 Å². The first-order valence-electron chi connectivity index (χ1n) is 7.88. The second kappa shape index (κ2) is 9.30. The summed E-state index contributed by atoms with van der Waals surface area (Å²) in [5.41, 5.74) is 2.12. The molecule has 5 nitrogen and oxygen atoms in total. The Morgan fingerprint density at radius 3 is 2.64 bits per heavy atom. The minimum atomic E-state index is -0.778. The van der Waals surface area contributed by atoms with E-state index in [1.165, 1.54) is 0 Å². The molecule has 0 radical (unpaired) electrons. The molecular formula is C17H28N2O3. The number of benzene rings is 1. The van der Waals surface area contributed by atoms with Crippen LogP contribution in [0.15, 0.2) is 18.2 Å². The van der Waals surface area contributed by atoms with Crippen LogP contribution in [-0.2, 0) is 11.3 Å². The summed E-state index contributed by atoms with van der Waals surface area (Å²) < 4.78 is 5.95. The number of carboxylic acid groups (broad SMARTS) is 1. The Bertz CT molecular complexity index is 475. The average Bonchev–Trinajstić information content (AvgIpc) is 2.44. The van der Waals surface area contributed by atoms with Gasteiger partial charge < -0.3 is 20.1 Å². The number of carbonyl (C=O) groups is 1. The molecule has 0 saturated carbocycles. The lowest BCUT2D eigenvalue weighted by Crippen LogP contribution is -2.28. The van der Waals surface area contributed by atoms with Gasteiger partial charge in [0, 0.05) is 19.6 Å². The molecule has 0 amide bonds. The summed E-state index contributed by atoms with van der Waals surface area (Å²) in [6, 6.07) is 6.12. The van der Waals surface area contributed by atoms with Crippen LogP contribution in [0.2, 0.25) is 0 Å². The van der Waals surface area contributed by atoms with Gasteiger partial charge in [-0.2, -0.15) is 0 Å². The minimum absolute atomic E-state index is 0.0755. The molecule has 2 N–H and O–H groups in total. The Kier molecular flexibility index (Phi) is 7.74. The molecule has 124 valence electrons. The molecule has 0 aliphatic carbocycles. The van der Waals surface area contributed by atoms with Gasteiger partial charge in [0.25, 0.3) is 0 Å². The Labute approximate surface area is 133 Å². The highest BCUT2D eigenvalue weighted by Crippen LogP contribution is 2.31. The van der Waals surface area contributed by atoms with Gasteiger partial charge in [0.05, 0.1) is 18.2 Å². The van der Waals surface area contributed by atoms with Crippen molar-refractivity contribution in [3.8, 4) is 5.75 Å². The number of ether oxygens (including phenoxy) is 1. The van der Waals surface area contributed by atoms with Gasteiger partial charge in [-0.25, -0.2) is 0 Å². The second-order valence-corrected chi connectivity index (χ2v) is 5.63. The first-order valence-corrected chi connectivity index (χ1v) is 7.88. The number of anilines is 1. The van der Waals surface area contributed by atoms with Crippen LogP contribution in [0.3, 0.4) is 0 Å². The summed E-state index contributed by atoms with van der Waals surface area (Å²) in [6.07, 6.45) is 1.16. The number of nitrogens with zero attached hydrogens (tertiary/aromatic N) is 1. The molecule has 22 heavy (non-hydrogen) atoms. The largest absolute Gasteiger partial charge is 0.489 e. The maximum Gasteiger partial charge on any atom is 0.305 e. The molecule has 1 rings (SSSR count). The summed E-state index contributed by atoms with van der Waals surface area (Å²) >= 11 is 0. The zero-order valence-corrected chi connectivity index (χ0v) is 14.1. The number of aliphatic carboxylic acids is 1. The van der Waals surface area contributed by atoms with Crippen molar-refractivity contribution in [2.75, 3.05) is 25.0 Å². The Morgan fingerprint density at radius 2 is 2.09 bits per heavy atom. The smallest absolute Gasteiger partial charge is 0.305 e. The van der Waals surface area contributed by atoms with E-state index in [1.807, 2.05) is 33.0 Å². The molecule has 0 saturated heterocycles. The van der Waals surface area contributed by atoms with Crippen molar-refractivity contribution >= 4 is 11.7 Å². The number of rotatable bonds is 10. The SMILES string of the molecule is CCCN(CCC(=O)O)c1ccc(CNC)cc1OC(C)C. The normalized spacial score (nSPS) is 10.8. The minimum Gasteiger partial charge on any atom is -0.489 e. The number of hydrogen-bond acceptors (Lipinski definition) is 4. The lowest BCUT2D eigenvalue weighted by atomic mass is 10.1. The van der Waals surface area contributed by atoms with Gasteiger partial charge in [0.15, 0.2) is 0 Å². The van der Waals surface area contributed by atoms with Crippen LogP contribution in [-0.4, -0.2) is 37.3 Å². The van der Waals surface area contributed by atoms with E-state index in [1.54, 1.807) is 0 Å². The van der Waals surface area contributed by atoms with Gasteiger partial charge in [-0.05, 0) is 45.0 Å². The molecule has 0 aliphatic heterocycles. The first-order chi connectivity index (χ1) is 10.5. The van der Waals surface area contributed by atoms with Crippen molar-refractivity contribution in [3.63, 3.8) is 0 Å². The fraction of sp³-hybridized carbons (Fsp3) is 0.588. The third-order valence-corrected chi connectivity index (χ3v) is 3.20. The van der Waals surface area contributed by atoms with Gasteiger partial charge in [-0.1, -0.05) is 13.0 Å². The van der Waals surface area contributed by atoms with Crippen LogP contribution in [0.5, 0.6) is 5.75 Å². The standard InChI is InChI=1S/C17H28N2O3/c1-5-9-19(10-8-17(20)21)15-7-6-14(12-18-4)11-16(15)22-13(2)3/h6-7,11,13,18H,5,8-10,12H2,1-4H3,(H,20,21). The lowest BCUT2D eigenvalue weighted by Gasteiger charge is -2.27. The molecule has 0 unspecified atom stereocenters. The summed E-state index contributed by atoms with van der Waals surface area (Å²) in [7, 11) is 1.91. The molecule has 0 atom stereocenters. The predicted molar refractivity (Wildman–Crippen MR) is 89.7 cm³/mol. The fourth-order valence-electron chi connectivity index (χ4n) is 2.34. The molecule has 0 spiro atoms. The average molecular weight is 308 g/mol. The Balaban J connectivity index is 3.06. The lowest BCUT2D eigenvalue weighted by molar-refractivity contribution is -0.136. The number of hydrogen-bond donors (Lipinski definition) is 2. The van der Waals surface area contributed by atoms with E-state index < -0.39 is 5.97 Å². The van der Waals surface area contributed by atoms with Crippen LogP contribution in [0.4, 0.5) is 5.69 Å². The van der Waals surface area contributed by atoms with Crippen molar-refractivity contribution in [3.05, 3.63) is 23.8 Å². The maximum absolute atomic E-state index is 10.9. The van der Waals surface area contributed by atoms with Crippen LogP contribution < -0.4 is 15.0 Å². The van der Waals surface area contributed by atoms with Crippen molar-refractivity contribution in [1.82, 2.24) is 5.32 Å². The van der Waals surface area contributed by atoms with E-state index in [2.05, 4.69) is 23.2 Å². The third-order valence-electron chi connectivity index (χ3n) is 3.20. The van der Waals surface area contributed by atoms with Crippen molar-refractivity contribution < 1.29 is 14.6 Å². The quantitative estimate of drug-likeness (QED) is 0.696. The summed E-state index contributed by atoms with van der Waals surface area (Å²) in [5.74, 6) is 0.0424. The summed E-state index contributed by atoms with van der Waals surface area (Å²) in [4.78, 5) is 13.0. The Hall–Kier alpha value is -1.75. The van der Waals surface area contributed by atoms with Gasteiger partial charge in [-0.15, -0.1) is 0 Å². The van der Waals surface area contributed by atoms with E-state index in [0.29, 0.717) is 6.54 Å². The topological polar surface area (TPSA) is 61.8 Å². The van der Waals surface area contributed by atoms with E-state index in [9.17, 15) is 4.79 Å². The second-order valence-electron chi connectivity index (χ2n) is 5.63. The van der Waals surface area contributed by atoms with Gasteiger partial charge in [0.1, 0.15) is 5.75 Å². The Morgan fingerprint density at radius 1 is 1.36 bits per heavy atom.